The normalized spacial score (nSPS) is 26.4. The lowest BCUT2D eigenvalue weighted by molar-refractivity contribution is -0.0662. The van der Waals surface area contributed by atoms with Crippen molar-refractivity contribution in [2.24, 2.45) is 0 Å². The number of hydrogen-bond donors (Lipinski definition) is 10. The van der Waals surface area contributed by atoms with Gasteiger partial charge in [0.2, 0.25) is 0 Å². The number of nitrogens with two attached hydrogens (primary N) is 1. The van der Waals surface area contributed by atoms with Crippen molar-refractivity contribution < 1.29 is 108 Å². The standard InChI is InChI=1S/C51H58N12O25P4/c1-77-30-16-14-29(15-17-30)51(27-10-6-4-7-11-27,28-12-8-5-9-13-28)60-44-36-46(56-24-54-44)63(26-58-36)49-42(79-3)40(33(85-49)22-82-92(75,76)88-89(68,69)70)87-91(73,74)81-21-32-39(41(78-2)48(84-32)61-19-18-34(64)59-50(61)67)86-90(71,72)80-20-31-37(65)38(66)47(83-31)62-25-57-35-43(52)53-23-55-45(35)62/h4-19,23-26,31-33,37-42,47-49,65-66H,20-22H2,1-3H3,(H,71,72)(H,73,74)(H,75,76)(H2,52,53,55)(H,54,56,60)(H,59,64,67)(H2,68,69,70)/t31-,32-,33-,37-,38-,39-,40-,41-,42-,47-,48-,49-/m1/s1. The summed E-state index contributed by atoms with van der Waals surface area (Å²) in [5, 5.41) is 25.6. The minimum Gasteiger partial charge on any atom is -0.497 e. The molecule has 3 aliphatic heterocycles. The monoisotopic (exact) mass is 1360 g/mol. The van der Waals surface area contributed by atoms with E-state index in [-0.39, 0.29) is 34.0 Å². The molecule has 8 heterocycles. The maximum atomic E-state index is 14.4. The van der Waals surface area contributed by atoms with Crippen LogP contribution < -0.4 is 27.0 Å². The van der Waals surface area contributed by atoms with Gasteiger partial charge in [0.1, 0.15) is 84.4 Å². The van der Waals surface area contributed by atoms with Crippen molar-refractivity contribution in [1.82, 2.24) is 48.6 Å². The number of nitrogens with zero attached hydrogens (tertiary/aromatic N) is 9. The highest BCUT2D eigenvalue weighted by Gasteiger charge is 2.55. The van der Waals surface area contributed by atoms with Crippen molar-refractivity contribution in [2.75, 3.05) is 52.2 Å². The summed E-state index contributed by atoms with van der Waals surface area (Å²) in [4.78, 5) is 105. The molecule has 0 bridgehead atoms. The van der Waals surface area contributed by atoms with Crippen LogP contribution in [0.25, 0.3) is 22.3 Å². The van der Waals surface area contributed by atoms with E-state index in [0.717, 1.165) is 54.1 Å². The lowest BCUT2D eigenvalue weighted by Crippen LogP contribution is -2.40. The Morgan fingerprint density at radius 1 is 0.576 bits per heavy atom. The van der Waals surface area contributed by atoms with E-state index in [9.17, 15) is 62.5 Å². The number of benzene rings is 3. The van der Waals surface area contributed by atoms with Crippen molar-refractivity contribution in [3.05, 3.63) is 160 Å². The highest BCUT2D eigenvalue weighted by atomic mass is 31.3. The average molecular weight is 1360 g/mol. The molecule has 11 rings (SSSR count). The Labute approximate surface area is 517 Å². The Balaban J connectivity index is 0.871. The van der Waals surface area contributed by atoms with E-state index in [1.54, 1.807) is 19.2 Å². The number of fused-ring (bicyclic) bond motifs is 2. The minimum atomic E-state index is -5.70. The maximum Gasteiger partial charge on any atom is 0.481 e. The molecule has 11 N–H and O–H groups in total. The minimum absolute atomic E-state index is 0.00216. The molecule has 8 aromatic rings. The number of methoxy groups -OCH3 is 3. The Kier molecular flexibility index (Phi) is 19.4. The number of imidazole rings is 2. The summed E-state index contributed by atoms with van der Waals surface area (Å²) in [6.45, 7) is -3.28. The van der Waals surface area contributed by atoms with Crippen LogP contribution >= 0.6 is 31.3 Å². The lowest BCUT2D eigenvalue weighted by atomic mass is 9.77. The number of phosphoric ester groups is 3. The molecule has 492 valence electrons. The molecule has 3 aromatic carbocycles. The van der Waals surface area contributed by atoms with Crippen LogP contribution in [0.5, 0.6) is 5.75 Å². The van der Waals surface area contributed by atoms with Crippen LogP contribution in [0.1, 0.15) is 35.4 Å². The largest absolute Gasteiger partial charge is 0.497 e. The molecule has 0 radical (unpaired) electrons. The van der Waals surface area contributed by atoms with Gasteiger partial charge in [-0.2, -0.15) is 4.31 Å². The van der Waals surface area contributed by atoms with Crippen LogP contribution in [-0.2, 0) is 74.4 Å². The first-order valence-corrected chi connectivity index (χ1v) is 33.2. The third kappa shape index (κ3) is 13.8. The second-order valence-electron chi connectivity index (χ2n) is 20.6. The highest BCUT2D eigenvalue weighted by Crippen LogP contribution is 2.59. The van der Waals surface area contributed by atoms with E-state index in [2.05, 4.69) is 39.5 Å². The Hall–Kier alpha value is -6.96. The summed E-state index contributed by atoms with van der Waals surface area (Å²) in [5.74, 6) is 0.751. The number of nitrogen functional groups attached to an aromatic ring is 1. The second-order valence-corrected chi connectivity index (χ2v) is 26.2. The van der Waals surface area contributed by atoms with Gasteiger partial charge >= 0.3 is 37.0 Å². The average Bonchev–Trinajstić information content (AvgIpc) is 1.11. The third-order valence-electron chi connectivity index (χ3n) is 15.0. The first-order chi connectivity index (χ1) is 43.8. The molecule has 3 saturated heterocycles. The number of phosphoric acid groups is 4. The van der Waals surface area contributed by atoms with E-state index in [0.29, 0.717) is 5.75 Å². The predicted octanol–water partition coefficient (Wildman–Crippen LogP) is 1.89. The molecule has 3 aliphatic rings. The summed E-state index contributed by atoms with van der Waals surface area (Å²) < 4.78 is 122. The molecule has 5 aromatic heterocycles. The molecule has 3 unspecified atom stereocenters. The first kappa shape index (κ1) is 66.5. The van der Waals surface area contributed by atoms with Gasteiger partial charge in [-0.15, -0.1) is 0 Å². The Morgan fingerprint density at radius 3 is 1.61 bits per heavy atom. The quantitative estimate of drug-likeness (QED) is 0.0273. The van der Waals surface area contributed by atoms with E-state index in [1.807, 2.05) is 77.8 Å². The summed E-state index contributed by atoms with van der Waals surface area (Å²) in [7, 11) is -18.8. The van der Waals surface area contributed by atoms with Gasteiger partial charge in [-0.25, -0.2) is 53.0 Å². The molecule has 37 nitrogen and oxygen atoms in total. The molecule has 0 spiro atoms. The van der Waals surface area contributed by atoms with Gasteiger partial charge in [0.05, 0.1) is 39.6 Å². The zero-order valence-electron chi connectivity index (χ0n) is 48.0. The number of nitrogens with one attached hydrogen (secondary N) is 2. The van der Waals surface area contributed by atoms with Gasteiger partial charge in [0.25, 0.3) is 5.56 Å². The van der Waals surface area contributed by atoms with Crippen LogP contribution in [0.4, 0.5) is 11.6 Å². The number of hydrogen-bond acceptors (Lipinski definition) is 28. The number of H-pyrrole nitrogens is 1. The fourth-order valence-electron chi connectivity index (χ4n) is 10.9. The highest BCUT2D eigenvalue weighted by molar-refractivity contribution is 7.60. The smallest absolute Gasteiger partial charge is 0.481 e. The number of aliphatic hydroxyl groups is 2. The predicted molar refractivity (Wildman–Crippen MR) is 311 cm³/mol. The number of aromatic nitrogens is 10. The zero-order chi connectivity index (χ0) is 65.5. The Morgan fingerprint density at radius 2 is 1.07 bits per heavy atom. The number of rotatable bonds is 26. The van der Waals surface area contributed by atoms with E-state index >= 15 is 0 Å². The van der Waals surface area contributed by atoms with Gasteiger partial charge in [-0.3, -0.25) is 46.1 Å². The Bertz CT molecular complexity index is 4210. The fourth-order valence-corrected chi connectivity index (χ4v) is 14.5. The number of ether oxygens (including phenoxy) is 6. The fraction of sp³-hybridized carbons (Fsp3) is 0.373. The second kappa shape index (κ2) is 26.8. The maximum absolute atomic E-state index is 14.4. The van der Waals surface area contributed by atoms with E-state index < -0.39 is 142 Å². The lowest BCUT2D eigenvalue weighted by Gasteiger charge is -2.37. The van der Waals surface area contributed by atoms with Crippen molar-refractivity contribution in [2.45, 2.75) is 79.2 Å². The summed E-state index contributed by atoms with van der Waals surface area (Å²) in [5.41, 5.74) is 5.48. The van der Waals surface area contributed by atoms with Gasteiger partial charge < -0.3 is 74.2 Å². The zero-order valence-corrected chi connectivity index (χ0v) is 51.5. The first-order valence-electron chi connectivity index (χ1n) is 27.2. The molecular formula is C51H58N12O25P4. The summed E-state index contributed by atoms with van der Waals surface area (Å²) in [6.07, 6.45) is -14.6. The third-order valence-corrected chi connectivity index (χ3v) is 19.2. The molecule has 0 aliphatic carbocycles. The van der Waals surface area contributed by atoms with Crippen molar-refractivity contribution in [1.29, 1.82) is 0 Å². The van der Waals surface area contributed by atoms with Gasteiger partial charge in [-0.1, -0.05) is 72.8 Å². The number of anilines is 2. The SMILES string of the molecule is COc1ccc(C(Nc2ncnc3c2ncn3[C@@H]2O[C@H](COP(=O)(O)OP(=O)(O)O)[C@@H](OP(=O)(O)OC[C@H]3O[C@@H](n4ccc(=O)[nH]c4=O)[C@H](OC)[C@@H]3OP(=O)(O)OC[C@H]3O[C@@H](n4cnc5c(N)ncnc54)[C@H](O)[C@@H]3O)[C@H]2OC)(c2ccccc2)c2ccccc2)cc1. The molecule has 3 fully saturated rings. The summed E-state index contributed by atoms with van der Waals surface area (Å²) >= 11 is 0. The molecule has 0 saturated carbocycles. The number of aliphatic hydroxyl groups excluding tert-OH is 2. The summed E-state index contributed by atoms with van der Waals surface area (Å²) in [6, 6.07) is 27.1. The van der Waals surface area contributed by atoms with Crippen LogP contribution in [0.3, 0.4) is 0 Å². The van der Waals surface area contributed by atoms with Gasteiger partial charge in [0, 0.05) is 26.5 Å². The molecule has 92 heavy (non-hydrogen) atoms. The van der Waals surface area contributed by atoms with E-state index in [4.69, 9.17) is 56.8 Å². The molecule has 15 atom stereocenters. The molecular weight excluding hydrogens is 1300 g/mol. The van der Waals surface area contributed by atoms with Crippen molar-refractivity contribution in [3.63, 3.8) is 0 Å². The molecule has 41 heteroatoms. The van der Waals surface area contributed by atoms with Crippen molar-refractivity contribution >= 4 is 65.3 Å². The van der Waals surface area contributed by atoms with Gasteiger partial charge in [0.15, 0.2) is 47.1 Å². The van der Waals surface area contributed by atoms with Crippen LogP contribution in [0.15, 0.2) is 132 Å². The van der Waals surface area contributed by atoms with Crippen LogP contribution in [0.2, 0.25) is 0 Å². The number of aromatic amines is 1. The van der Waals surface area contributed by atoms with Gasteiger partial charge in [-0.05, 0) is 28.8 Å². The van der Waals surface area contributed by atoms with E-state index in [1.165, 1.54) is 28.1 Å². The van der Waals surface area contributed by atoms with Crippen LogP contribution in [0, 0.1) is 0 Å². The van der Waals surface area contributed by atoms with Crippen LogP contribution in [-0.4, -0.2) is 179 Å². The topological polar surface area (TPSA) is 501 Å². The van der Waals surface area contributed by atoms with Crippen molar-refractivity contribution in [3.8, 4) is 5.75 Å². The molecule has 0 amide bonds.